The van der Waals surface area contributed by atoms with Crippen molar-refractivity contribution in [2.24, 2.45) is 0 Å². The Bertz CT molecular complexity index is 997. The number of carbonyl (C=O) groups excluding carboxylic acids is 2. The van der Waals surface area contributed by atoms with Gasteiger partial charge in [0.15, 0.2) is 5.76 Å². The third-order valence-electron chi connectivity index (χ3n) is 4.57. The van der Waals surface area contributed by atoms with E-state index in [9.17, 15) is 19.5 Å². The van der Waals surface area contributed by atoms with Crippen molar-refractivity contribution in [2.75, 3.05) is 10.6 Å². The Labute approximate surface area is 167 Å². The number of carboxylic acid groups (broad SMARTS) is 1. The fraction of sp³-hybridized carbons (Fsp3) is 0.136. The molecule has 7 nitrogen and oxygen atoms in total. The lowest BCUT2D eigenvalue weighted by atomic mass is 9.79. The van der Waals surface area contributed by atoms with Gasteiger partial charge in [0.2, 0.25) is 5.91 Å². The lowest BCUT2D eigenvalue weighted by Crippen LogP contribution is -2.36. The quantitative estimate of drug-likeness (QED) is 0.565. The molecule has 2 aromatic carbocycles. The summed E-state index contributed by atoms with van der Waals surface area (Å²) in [7, 11) is 0. The number of hydrogen-bond acceptors (Lipinski definition) is 4. The highest BCUT2D eigenvalue weighted by molar-refractivity contribution is 6.02. The highest BCUT2D eigenvalue weighted by atomic mass is 16.4. The minimum Gasteiger partial charge on any atom is -0.481 e. The second kappa shape index (κ2) is 8.43. The van der Waals surface area contributed by atoms with Crippen molar-refractivity contribution in [2.45, 2.75) is 18.8 Å². The van der Waals surface area contributed by atoms with Crippen LogP contribution in [0.25, 0.3) is 0 Å². The van der Waals surface area contributed by atoms with E-state index in [1.54, 1.807) is 66.7 Å². The first-order valence-corrected chi connectivity index (χ1v) is 8.92. The molecule has 0 radical (unpaired) electrons. The van der Waals surface area contributed by atoms with Gasteiger partial charge in [-0.3, -0.25) is 14.4 Å². The van der Waals surface area contributed by atoms with Gasteiger partial charge in [-0.1, -0.05) is 30.3 Å². The van der Waals surface area contributed by atoms with Gasteiger partial charge in [-0.2, -0.15) is 0 Å². The number of carboxylic acids is 1. The number of furan rings is 1. The van der Waals surface area contributed by atoms with Crippen LogP contribution in [0, 0.1) is 0 Å². The molecule has 148 valence electrons. The van der Waals surface area contributed by atoms with Gasteiger partial charge in [-0.05, 0) is 48.9 Å². The largest absolute Gasteiger partial charge is 0.481 e. The van der Waals surface area contributed by atoms with Crippen molar-refractivity contribution < 1.29 is 23.9 Å². The lowest BCUT2D eigenvalue weighted by Gasteiger charge is -2.24. The maximum absolute atomic E-state index is 12.5. The van der Waals surface area contributed by atoms with Gasteiger partial charge >= 0.3 is 5.97 Å². The lowest BCUT2D eigenvalue weighted by molar-refractivity contribution is -0.145. The van der Waals surface area contributed by atoms with Crippen molar-refractivity contribution in [3.05, 3.63) is 84.3 Å². The molecule has 0 spiro atoms. The summed E-state index contributed by atoms with van der Waals surface area (Å²) in [5.41, 5.74) is 0.233. The number of anilines is 2. The Hall–Kier alpha value is -3.87. The standard InChI is InChI=1S/C22H20N2O5/c1-22(21(27)28,15-6-3-2-4-7-15)14-19(25)23-16-9-11-17(12-10-16)24-20(26)18-8-5-13-29-18/h2-13H,14H2,1H3,(H,23,25)(H,24,26)(H,27,28). The summed E-state index contributed by atoms with van der Waals surface area (Å²) >= 11 is 0. The highest BCUT2D eigenvalue weighted by Gasteiger charge is 2.37. The number of benzene rings is 2. The highest BCUT2D eigenvalue weighted by Crippen LogP contribution is 2.28. The molecule has 0 aliphatic carbocycles. The monoisotopic (exact) mass is 392 g/mol. The summed E-state index contributed by atoms with van der Waals surface area (Å²) in [5, 5.41) is 15.0. The molecule has 1 heterocycles. The van der Waals surface area contributed by atoms with Crippen LogP contribution in [0.4, 0.5) is 11.4 Å². The van der Waals surface area contributed by atoms with Crippen LogP contribution in [0.15, 0.2) is 77.4 Å². The van der Waals surface area contributed by atoms with Gasteiger partial charge in [0.1, 0.15) is 0 Å². The Morgan fingerprint density at radius 3 is 2.07 bits per heavy atom. The van der Waals surface area contributed by atoms with E-state index in [0.29, 0.717) is 16.9 Å². The summed E-state index contributed by atoms with van der Waals surface area (Å²) in [6, 6.07) is 18.3. The average molecular weight is 392 g/mol. The molecule has 0 aliphatic heterocycles. The van der Waals surface area contributed by atoms with Crippen LogP contribution in [-0.2, 0) is 15.0 Å². The maximum atomic E-state index is 12.5. The van der Waals surface area contributed by atoms with E-state index < -0.39 is 17.3 Å². The number of nitrogens with one attached hydrogen (secondary N) is 2. The zero-order chi connectivity index (χ0) is 20.9. The van der Waals surface area contributed by atoms with Crippen molar-refractivity contribution in [1.29, 1.82) is 0 Å². The normalized spacial score (nSPS) is 12.6. The molecule has 3 rings (SSSR count). The van der Waals surface area contributed by atoms with E-state index in [1.165, 1.54) is 13.2 Å². The number of hydrogen-bond donors (Lipinski definition) is 3. The molecule has 3 N–H and O–H groups in total. The Kier molecular flexibility index (Phi) is 5.78. The molecule has 0 fully saturated rings. The summed E-state index contributed by atoms with van der Waals surface area (Å²) < 4.78 is 5.03. The molecule has 2 amide bonds. The fourth-order valence-corrected chi connectivity index (χ4v) is 2.87. The van der Waals surface area contributed by atoms with Crippen LogP contribution in [0.5, 0.6) is 0 Å². The SMILES string of the molecule is CC(CC(=O)Nc1ccc(NC(=O)c2ccco2)cc1)(C(=O)O)c1ccccc1. The molecule has 3 aromatic rings. The number of rotatable bonds is 7. The Balaban J connectivity index is 1.64. The molecule has 0 bridgehead atoms. The first-order chi connectivity index (χ1) is 13.9. The predicted molar refractivity (Wildman–Crippen MR) is 108 cm³/mol. The Morgan fingerprint density at radius 2 is 1.52 bits per heavy atom. The number of aliphatic carboxylic acids is 1. The van der Waals surface area contributed by atoms with Gasteiger partial charge in [0, 0.05) is 17.8 Å². The van der Waals surface area contributed by atoms with Crippen LogP contribution in [0.1, 0.15) is 29.5 Å². The summed E-state index contributed by atoms with van der Waals surface area (Å²) in [6.45, 7) is 1.53. The van der Waals surface area contributed by atoms with E-state index in [0.717, 1.165) is 0 Å². The molecule has 1 atom stereocenters. The number of amides is 2. The minimum absolute atomic E-state index is 0.191. The van der Waals surface area contributed by atoms with Crippen LogP contribution in [0.3, 0.4) is 0 Å². The molecule has 1 unspecified atom stereocenters. The van der Waals surface area contributed by atoms with Crippen LogP contribution < -0.4 is 10.6 Å². The van der Waals surface area contributed by atoms with Crippen molar-refractivity contribution >= 4 is 29.2 Å². The average Bonchev–Trinajstić information content (AvgIpc) is 3.25. The molecule has 7 heteroatoms. The van der Waals surface area contributed by atoms with E-state index >= 15 is 0 Å². The smallest absolute Gasteiger partial charge is 0.314 e. The van der Waals surface area contributed by atoms with Crippen LogP contribution in [0.2, 0.25) is 0 Å². The molecule has 0 saturated heterocycles. The van der Waals surface area contributed by atoms with Gasteiger partial charge < -0.3 is 20.2 Å². The van der Waals surface area contributed by atoms with Crippen molar-refractivity contribution in [1.82, 2.24) is 0 Å². The van der Waals surface area contributed by atoms with Gasteiger partial charge in [-0.25, -0.2) is 0 Å². The summed E-state index contributed by atoms with van der Waals surface area (Å²) in [5.74, 6) is -1.69. The topological polar surface area (TPSA) is 109 Å². The van der Waals surface area contributed by atoms with E-state index in [-0.39, 0.29) is 18.1 Å². The third-order valence-corrected chi connectivity index (χ3v) is 4.57. The minimum atomic E-state index is -1.34. The molecular weight excluding hydrogens is 372 g/mol. The summed E-state index contributed by atoms with van der Waals surface area (Å²) in [4.78, 5) is 36.3. The number of carbonyl (C=O) groups is 3. The third kappa shape index (κ3) is 4.70. The van der Waals surface area contributed by atoms with E-state index in [1.807, 2.05) is 0 Å². The molecule has 1 aromatic heterocycles. The molecule has 0 saturated carbocycles. The first-order valence-electron chi connectivity index (χ1n) is 8.92. The van der Waals surface area contributed by atoms with Crippen molar-refractivity contribution in [3.63, 3.8) is 0 Å². The van der Waals surface area contributed by atoms with Crippen LogP contribution >= 0.6 is 0 Å². The predicted octanol–water partition coefficient (Wildman–Crippen LogP) is 3.90. The van der Waals surface area contributed by atoms with E-state index in [4.69, 9.17) is 4.42 Å². The van der Waals surface area contributed by atoms with Gasteiger partial charge in [-0.15, -0.1) is 0 Å². The van der Waals surface area contributed by atoms with Gasteiger partial charge in [0.25, 0.3) is 5.91 Å². The van der Waals surface area contributed by atoms with Gasteiger partial charge in [0.05, 0.1) is 11.7 Å². The molecular formula is C22H20N2O5. The molecule has 29 heavy (non-hydrogen) atoms. The maximum Gasteiger partial charge on any atom is 0.314 e. The Morgan fingerprint density at radius 1 is 0.897 bits per heavy atom. The second-order valence-corrected chi connectivity index (χ2v) is 6.74. The summed E-state index contributed by atoms with van der Waals surface area (Å²) in [6.07, 6.45) is 1.19. The van der Waals surface area contributed by atoms with Crippen LogP contribution in [-0.4, -0.2) is 22.9 Å². The first kappa shape index (κ1) is 19.9. The van der Waals surface area contributed by atoms with E-state index in [2.05, 4.69) is 10.6 Å². The zero-order valence-electron chi connectivity index (χ0n) is 15.7. The zero-order valence-corrected chi connectivity index (χ0v) is 15.7. The fourth-order valence-electron chi connectivity index (χ4n) is 2.87. The van der Waals surface area contributed by atoms with Crippen molar-refractivity contribution in [3.8, 4) is 0 Å². The molecule has 0 aliphatic rings. The second-order valence-electron chi connectivity index (χ2n) is 6.74.